The molecule has 0 aliphatic carbocycles. The van der Waals surface area contributed by atoms with E-state index in [1.54, 1.807) is 36.4 Å². The Morgan fingerprint density at radius 3 is 2.64 bits per heavy atom. The molecule has 0 amide bonds. The number of amidine groups is 1. The topological polar surface area (TPSA) is 156 Å². The van der Waals surface area contributed by atoms with E-state index in [4.69, 9.17) is 22.2 Å². The maximum atomic E-state index is 12.1. The van der Waals surface area contributed by atoms with Crippen LogP contribution in [0.4, 0.5) is 5.69 Å². The molecule has 0 fully saturated rings. The van der Waals surface area contributed by atoms with Crippen LogP contribution in [0.2, 0.25) is 5.02 Å². The third kappa shape index (κ3) is 5.72. The zero-order valence-corrected chi connectivity index (χ0v) is 15.3. The molecule has 2 aromatic rings. The Bertz CT molecular complexity index is 948. The summed E-state index contributed by atoms with van der Waals surface area (Å²) < 4.78 is 0.836. The molecule has 1 aromatic carbocycles. The molecule has 10 nitrogen and oxygen atoms in total. The second-order valence-electron chi connectivity index (χ2n) is 5.46. The average Bonchev–Trinajstić information content (AvgIpc) is 2.63. The summed E-state index contributed by atoms with van der Waals surface area (Å²) in [6.45, 7) is 3.19. The lowest BCUT2D eigenvalue weighted by Gasteiger charge is -2.16. The summed E-state index contributed by atoms with van der Waals surface area (Å²) in [4.78, 5) is 20.9. The molecule has 5 N–H and O–H groups in total. The third-order valence-corrected chi connectivity index (χ3v) is 3.67. The van der Waals surface area contributed by atoms with Crippen LogP contribution in [-0.4, -0.2) is 44.3 Å². The van der Waals surface area contributed by atoms with Gasteiger partial charge in [-0.1, -0.05) is 35.0 Å². The van der Waals surface area contributed by atoms with Gasteiger partial charge in [0, 0.05) is 5.02 Å². The van der Waals surface area contributed by atoms with Crippen LogP contribution in [0.15, 0.2) is 51.5 Å². The standard InChI is InChI=1S/C17H18ClN5O5/c1-20-14(7-4-11-2-5-12(18)6-3-11)22-28-9-8-23-16(24)15(17(25,26)27)13(19)10-21-23/h2-7,10,25-27H,1,8-9,19H2/b7-4+,22-14-. The number of anilines is 1. The SMILES string of the molecule is C=NC(/C=C/c1ccc(Cl)cc1)=N\OCCn1ncc(N)c(C(O)(O)O)c1=O. The Kier molecular flexibility index (Phi) is 7.01. The number of aliphatic hydroxyl groups is 3. The largest absolute Gasteiger partial charge is 0.397 e. The quantitative estimate of drug-likeness (QED) is 0.169. The highest BCUT2D eigenvalue weighted by atomic mass is 35.5. The van der Waals surface area contributed by atoms with E-state index in [2.05, 4.69) is 22.0 Å². The van der Waals surface area contributed by atoms with E-state index in [9.17, 15) is 20.1 Å². The van der Waals surface area contributed by atoms with E-state index < -0.39 is 17.1 Å². The number of hydrogen-bond donors (Lipinski definition) is 4. The van der Waals surface area contributed by atoms with Gasteiger partial charge in [-0.05, 0) is 30.5 Å². The first-order chi connectivity index (χ1) is 13.2. The van der Waals surface area contributed by atoms with E-state index in [1.807, 2.05) is 0 Å². The number of aliphatic imine (C=N–C) groups is 1. The van der Waals surface area contributed by atoms with Crippen molar-refractivity contribution < 1.29 is 20.2 Å². The number of hydrogen-bond acceptors (Lipinski definition) is 8. The van der Waals surface area contributed by atoms with Crippen LogP contribution in [0.3, 0.4) is 0 Å². The molecule has 148 valence electrons. The highest BCUT2D eigenvalue weighted by Crippen LogP contribution is 2.16. The molecular weight excluding hydrogens is 390 g/mol. The van der Waals surface area contributed by atoms with Gasteiger partial charge in [0.15, 0.2) is 5.84 Å². The molecule has 0 saturated carbocycles. The molecule has 2 rings (SSSR count). The van der Waals surface area contributed by atoms with Gasteiger partial charge in [-0.15, -0.1) is 0 Å². The molecule has 0 saturated heterocycles. The Balaban J connectivity index is 2.01. The van der Waals surface area contributed by atoms with Crippen molar-refractivity contribution in [2.45, 2.75) is 12.5 Å². The van der Waals surface area contributed by atoms with Crippen molar-refractivity contribution in [3.8, 4) is 0 Å². The molecule has 28 heavy (non-hydrogen) atoms. The Morgan fingerprint density at radius 1 is 1.36 bits per heavy atom. The summed E-state index contributed by atoms with van der Waals surface area (Å²) in [5, 5.41) is 35.8. The predicted molar refractivity (Wildman–Crippen MR) is 105 cm³/mol. The number of nitrogen functional groups attached to an aromatic ring is 1. The molecule has 0 atom stereocenters. The summed E-state index contributed by atoms with van der Waals surface area (Å²) in [6, 6.07) is 7.09. The van der Waals surface area contributed by atoms with E-state index in [0.29, 0.717) is 5.02 Å². The van der Waals surface area contributed by atoms with Crippen molar-refractivity contribution in [2.24, 2.45) is 10.1 Å². The van der Waals surface area contributed by atoms with E-state index in [0.717, 1.165) is 16.4 Å². The fourth-order valence-electron chi connectivity index (χ4n) is 2.09. The van der Waals surface area contributed by atoms with Crippen molar-refractivity contribution >= 4 is 35.9 Å². The van der Waals surface area contributed by atoms with Crippen molar-refractivity contribution in [3.05, 3.63) is 63.0 Å². The Morgan fingerprint density at radius 2 is 2.04 bits per heavy atom. The maximum absolute atomic E-state index is 12.1. The maximum Gasteiger partial charge on any atom is 0.312 e. The highest BCUT2D eigenvalue weighted by Gasteiger charge is 2.30. The van der Waals surface area contributed by atoms with Gasteiger partial charge in [0.05, 0.1) is 18.4 Å². The summed E-state index contributed by atoms with van der Waals surface area (Å²) in [5.74, 6) is -3.19. The zero-order valence-electron chi connectivity index (χ0n) is 14.6. The lowest BCUT2D eigenvalue weighted by Crippen LogP contribution is -2.38. The summed E-state index contributed by atoms with van der Waals surface area (Å²) >= 11 is 5.82. The number of oxime groups is 1. The van der Waals surface area contributed by atoms with E-state index >= 15 is 0 Å². The molecule has 0 aliphatic rings. The first kappa shape index (κ1) is 21.3. The molecule has 11 heteroatoms. The summed E-state index contributed by atoms with van der Waals surface area (Å²) in [6.07, 6.45) is 4.30. The van der Waals surface area contributed by atoms with Crippen LogP contribution in [0, 0.1) is 0 Å². The third-order valence-electron chi connectivity index (χ3n) is 3.42. The van der Waals surface area contributed by atoms with Crippen LogP contribution in [0.5, 0.6) is 0 Å². The molecule has 0 aliphatic heterocycles. The summed E-state index contributed by atoms with van der Waals surface area (Å²) in [5.41, 5.74) is 4.16. The minimum Gasteiger partial charge on any atom is -0.397 e. The fourth-order valence-corrected chi connectivity index (χ4v) is 2.22. The zero-order chi connectivity index (χ0) is 20.7. The van der Waals surface area contributed by atoms with Gasteiger partial charge in [0.1, 0.15) is 12.2 Å². The average molecular weight is 408 g/mol. The lowest BCUT2D eigenvalue weighted by molar-refractivity contribution is -0.324. The van der Waals surface area contributed by atoms with Crippen LogP contribution in [0.25, 0.3) is 6.08 Å². The number of nitrogens with two attached hydrogens (primary N) is 1. The number of benzene rings is 1. The van der Waals surface area contributed by atoms with Crippen molar-refractivity contribution in [1.29, 1.82) is 0 Å². The van der Waals surface area contributed by atoms with Gasteiger partial charge in [-0.2, -0.15) is 5.10 Å². The first-order valence-electron chi connectivity index (χ1n) is 7.86. The Labute approximate surface area is 164 Å². The van der Waals surface area contributed by atoms with Crippen molar-refractivity contribution in [1.82, 2.24) is 9.78 Å². The highest BCUT2D eigenvalue weighted by molar-refractivity contribution is 6.30. The fraction of sp³-hybridized carbons (Fsp3) is 0.176. The predicted octanol–water partition coefficient (Wildman–Crippen LogP) is 0.310. The molecule has 0 unspecified atom stereocenters. The minimum atomic E-state index is -3.38. The minimum absolute atomic E-state index is 0.0979. The van der Waals surface area contributed by atoms with Gasteiger partial charge in [0.25, 0.3) is 5.56 Å². The molecular formula is C17H18ClN5O5. The normalized spacial score (nSPS) is 12.4. The van der Waals surface area contributed by atoms with Crippen LogP contribution in [-0.2, 0) is 17.4 Å². The van der Waals surface area contributed by atoms with Gasteiger partial charge >= 0.3 is 5.97 Å². The van der Waals surface area contributed by atoms with Gasteiger partial charge in [-0.3, -0.25) is 4.79 Å². The molecule has 0 radical (unpaired) electrons. The number of rotatable bonds is 7. The van der Waals surface area contributed by atoms with Crippen molar-refractivity contribution in [3.63, 3.8) is 0 Å². The monoisotopic (exact) mass is 407 g/mol. The Hall–Kier alpha value is -3.05. The second-order valence-corrected chi connectivity index (χ2v) is 5.90. The number of aromatic nitrogens is 2. The first-order valence-corrected chi connectivity index (χ1v) is 8.23. The van der Waals surface area contributed by atoms with Crippen molar-refractivity contribution in [2.75, 3.05) is 12.3 Å². The molecule has 0 spiro atoms. The number of nitrogens with zero attached hydrogens (tertiary/aromatic N) is 4. The molecule has 1 aromatic heterocycles. The second kappa shape index (κ2) is 9.24. The smallest absolute Gasteiger partial charge is 0.312 e. The van der Waals surface area contributed by atoms with Crippen LogP contribution in [0.1, 0.15) is 11.1 Å². The molecule has 0 bridgehead atoms. The van der Waals surface area contributed by atoms with Gasteiger partial charge < -0.3 is 25.9 Å². The van der Waals surface area contributed by atoms with Gasteiger partial charge in [0.2, 0.25) is 0 Å². The van der Waals surface area contributed by atoms with E-state index in [1.165, 1.54) is 0 Å². The summed E-state index contributed by atoms with van der Waals surface area (Å²) in [7, 11) is 0. The van der Waals surface area contributed by atoms with Crippen LogP contribution < -0.4 is 11.3 Å². The lowest BCUT2D eigenvalue weighted by atomic mass is 10.2. The van der Waals surface area contributed by atoms with E-state index in [-0.39, 0.29) is 24.7 Å². The van der Waals surface area contributed by atoms with Crippen LogP contribution >= 0.6 is 11.6 Å². The molecule has 1 heterocycles. The number of halogens is 1. The van der Waals surface area contributed by atoms with Gasteiger partial charge in [-0.25, -0.2) is 9.67 Å².